The Morgan fingerprint density at radius 2 is 1.97 bits per heavy atom. The van der Waals surface area contributed by atoms with Gasteiger partial charge in [-0.3, -0.25) is 15.1 Å². The van der Waals surface area contributed by atoms with Crippen molar-refractivity contribution in [3.63, 3.8) is 0 Å². The van der Waals surface area contributed by atoms with E-state index in [4.69, 9.17) is 0 Å². The van der Waals surface area contributed by atoms with E-state index >= 15 is 0 Å². The summed E-state index contributed by atoms with van der Waals surface area (Å²) in [6, 6.07) is 13.5. The summed E-state index contributed by atoms with van der Waals surface area (Å²) in [5, 5.41) is 20.9. The Balaban J connectivity index is 1.64. The maximum atomic E-state index is 11.8. The van der Waals surface area contributed by atoms with E-state index in [0.29, 0.717) is 12.2 Å². The van der Waals surface area contributed by atoms with E-state index in [1.807, 2.05) is 54.8 Å². The lowest BCUT2D eigenvalue weighted by molar-refractivity contribution is -0.383. The van der Waals surface area contributed by atoms with Gasteiger partial charge in [-0.15, -0.1) is 11.3 Å². The second-order valence-electron chi connectivity index (χ2n) is 6.39. The number of rotatable bonds is 7. The predicted octanol–water partition coefficient (Wildman–Crippen LogP) is 4.70. The Kier molecular flexibility index (Phi) is 5.30. The Morgan fingerprint density at radius 1 is 1.10 bits per heavy atom. The van der Waals surface area contributed by atoms with Gasteiger partial charge in [-0.05, 0) is 36.9 Å². The third-order valence-electron chi connectivity index (χ3n) is 4.36. The molecule has 8 nitrogen and oxygen atoms in total. The summed E-state index contributed by atoms with van der Waals surface area (Å²) >= 11 is 1.65. The highest BCUT2D eigenvalue weighted by Crippen LogP contribution is 2.33. The van der Waals surface area contributed by atoms with Gasteiger partial charge in [-0.2, -0.15) is 0 Å². The van der Waals surface area contributed by atoms with Crippen LogP contribution in [0.4, 0.5) is 23.0 Å². The number of nitrogens with one attached hydrogen (secondary N) is 2. The van der Waals surface area contributed by atoms with Crippen molar-refractivity contribution in [3.8, 4) is 0 Å². The quantitative estimate of drug-likeness (QED) is 0.338. The van der Waals surface area contributed by atoms with E-state index in [2.05, 4.69) is 25.6 Å². The van der Waals surface area contributed by atoms with Gasteiger partial charge in [0.15, 0.2) is 0 Å². The van der Waals surface area contributed by atoms with Crippen molar-refractivity contribution in [2.45, 2.75) is 13.3 Å². The molecule has 0 atom stereocenters. The SMILES string of the molecule is Cc1ccc2cccc(Nc3ncnc(NCCc4cccs4)c3[N+](=O)[O-])c2n1. The molecule has 3 aromatic heterocycles. The molecule has 0 aliphatic rings. The molecule has 4 rings (SSSR count). The number of hydrogen-bond donors (Lipinski definition) is 2. The number of anilines is 3. The van der Waals surface area contributed by atoms with Crippen molar-refractivity contribution in [1.82, 2.24) is 15.0 Å². The van der Waals surface area contributed by atoms with Crippen molar-refractivity contribution < 1.29 is 4.92 Å². The highest BCUT2D eigenvalue weighted by atomic mass is 32.1. The van der Waals surface area contributed by atoms with Gasteiger partial charge < -0.3 is 10.6 Å². The number of aromatic nitrogens is 3. The van der Waals surface area contributed by atoms with Gasteiger partial charge in [-0.25, -0.2) is 9.97 Å². The first-order valence-corrected chi connectivity index (χ1v) is 9.89. The van der Waals surface area contributed by atoms with Crippen LogP contribution < -0.4 is 10.6 Å². The number of hydrogen-bond acceptors (Lipinski definition) is 8. The molecule has 9 heteroatoms. The Hall–Kier alpha value is -3.59. The van der Waals surface area contributed by atoms with Crippen molar-refractivity contribution in [3.05, 3.63) is 74.9 Å². The van der Waals surface area contributed by atoms with E-state index in [0.717, 1.165) is 23.0 Å². The number of thiophene rings is 1. The van der Waals surface area contributed by atoms with Gasteiger partial charge in [0.2, 0.25) is 11.6 Å². The lowest BCUT2D eigenvalue weighted by Gasteiger charge is -2.11. The molecule has 0 unspecified atom stereocenters. The second kappa shape index (κ2) is 8.19. The molecule has 0 amide bonds. The van der Waals surface area contributed by atoms with E-state index < -0.39 is 4.92 Å². The van der Waals surface area contributed by atoms with E-state index in [9.17, 15) is 10.1 Å². The van der Waals surface area contributed by atoms with Crippen LogP contribution in [0.2, 0.25) is 0 Å². The molecule has 4 aromatic rings. The smallest absolute Gasteiger partial charge is 0.353 e. The Bertz CT molecular complexity index is 1160. The van der Waals surface area contributed by atoms with Crippen molar-refractivity contribution in [2.75, 3.05) is 17.2 Å². The van der Waals surface area contributed by atoms with Gasteiger partial charge in [0.25, 0.3) is 0 Å². The number of para-hydroxylation sites is 1. The number of pyridine rings is 1. The van der Waals surface area contributed by atoms with Gasteiger partial charge >= 0.3 is 5.69 Å². The molecule has 146 valence electrons. The van der Waals surface area contributed by atoms with Crippen LogP contribution in [0.1, 0.15) is 10.6 Å². The molecular weight excluding hydrogens is 388 g/mol. The minimum absolute atomic E-state index is 0.124. The number of fused-ring (bicyclic) bond motifs is 1. The molecule has 0 saturated heterocycles. The minimum atomic E-state index is -0.473. The lowest BCUT2D eigenvalue weighted by atomic mass is 10.1. The van der Waals surface area contributed by atoms with Gasteiger partial charge in [0, 0.05) is 22.5 Å². The maximum absolute atomic E-state index is 11.8. The largest absolute Gasteiger partial charge is 0.364 e. The zero-order valence-corrected chi connectivity index (χ0v) is 16.4. The highest BCUT2D eigenvalue weighted by Gasteiger charge is 2.23. The number of benzene rings is 1. The highest BCUT2D eigenvalue weighted by molar-refractivity contribution is 7.09. The molecule has 0 bridgehead atoms. The molecule has 0 saturated carbocycles. The zero-order chi connectivity index (χ0) is 20.2. The first-order chi connectivity index (χ1) is 14.1. The molecule has 1 aromatic carbocycles. The Morgan fingerprint density at radius 3 is 2.76 bits per heavy atom. The van der Waals surface area contributed by atoms with E-state index in [1.165, 1.54) is 11.2 Å². The summed E-state index contributed by atoms with van der Waals surface area (Å²) in [4.78, 5) is 25.3. The lowest BCUT2D eigenvalue weighted by Crippen LogP contribution is -2.10. The van der Waals surface area contributed by atoms with Crippen LogP contribution in [0.15, 0.2) is 54.2 Å². The van der Waals surface area contributed by atoms with Crippen LogP contribution in [-0.2, 0) is 6.42 Å². The molecule has 2 N–H and O–H groups in total. The van der Waals surface area contributed by atoms with E-state index in [-0.39, 0.29) is 17.3 Å². The van der Waals surface area contributed by atoms with Gasteiger partial charge in [-0.1, -0.05) is 24.3 Å². The molecule has 0 aliphatic heterocycles. The maximum Gasteiger partial charge on any atom is 0.353 e. The van der Waals surface area contributed by atoms with Gasteiger partial charge in [0.1, 0.15) is 6.33 Å². The number of aryl methyl sites for hydroxylation is 1. The third kappa shape index (κ3) is 4.14. The molecule has 0 spiro atoms. The van der Waals surface area contributed by atoms with Crippen LogP contribution in [-0.4, -0.2) is 26.4 Å². The molecule has 0 radical (unpaired) electrons. The van der Waals surface area contributed by atoms with Crippen molar-refractivity contribution in [1.29, 1.82) is 0 Å². The third-order valence-corrected chi connectivity index (χ3v) is 5.30. The van der Waals surface area contributed by atoms with Crippen LogP contribution in [0.5, 0.6) is 0 Å². The molecule has 0 fully saturated rings. The normalized spacial score (nSPS) is 10.8. The fourth-order valence-electron chi connectivity index (χ4n) is 3.00. The summed E-state index contributed by atoms with van der Waals surface area (Å²) in [7, 11) is 0. The summed E-state index contributed by atoms with van der Waals surface area (Å²) in [5.74, 6) is 0.313. The molecule has 3 heterocycles. The van der Waals surface area contributed by atoms with Crippen molar-refractivity contribution in [2.24, 2.45) is 0 Å². The standard InChI is InChI=1S/C20H18N6O2S/c1-13-7-8-14-4-2-6-16(17(14)24-13)25-20-18(26(27)28)19(22-12-23-20)21-10-9-15-5-3-11-29-15/h2-8,11-12H,9-10H2,1H3,(H2,21,22,23,25). The van der Waals surface area contributed by atoms with E-state index in [1.54, 1.807) is 11.3 Å². The monoisotopic (exact) mass is 406 g/mol. The van der Waals surface area contributed by atoms with Crippen LogP contribution >= 0.6 is 11.3 Å². The van der Waals surface area contributed by atoms with Crippen molar-refractivity contribution >= 4 is 45.3 Å². The van der Waals surface area contributed by atoms with Gasteiger partial charge in [0.05, 0.1) is 16.1 Å². The van der Waals surface area contributed by atoms with Crippen LogP contribution in [0, 0.1) is 17.0 Å². The molecular formula is C20H18N6O2S. The summed E-state index contributed by atoms with van der Waals surface area (Å²) < 4.78 is 0. The number of nitrogens with zero attached hydrogens (tertiary/aromatic N) is 4. The van der Waals surface area contributed by atoms with Crippen LogP contribution in [0.3, 0.4) is 0 Å². The Labute approximate surface area is 170 Å². The zero-order valence-electron chi connectivity index (χ0n) is 15.6. The summed E-state index contributed by atoms with van der Waals surface area (Å²) in [6.45, 7) is 2.44. The summed E-state index contributed by atoms with van der Waals surface area (Å²) in [5.41, 5.74) is 2.05. The predicted molar refractivity (Wildman–Crippen MR) is 115 cm³/mol. The first-order valence-electron chi connectivity index (χ1n) is 9.01. The van der Waals surface area contributed by atoms with Crippen LogP contribution in [0.25, 0.3) is 10.9 Å². The fraction of sp³-hybridized carbons (Fsp3) is 0.150. The minimum Gasteiger partial charge on any atom is -0.364 e. The number of nitro groups is 1. The summed E-state index contributed by atoms with van der Waals surface area (Å²) in [6.07, 6.45) is 2.07. The topological polar surface area (TPSA) is 106 Å². The molecule has 29 heavy (non-hydrogen) atoms. The average Bonchev–Trinajstić information content (AvgIpc) is 3.22. The fourth-order valence-corrected chi connectivity index (χ4v) is 3.71. The molecule has 0 aliphatic carbocycles. The first kappa shape index (κ1) is 18.8. The average molecular weight is 406 g/mol. The second-order valence-corrected chi connectivity index (χ2v) is 7.42.